The molecule has 0 bridgehead atoms. The predicted octanol–water partition coefficient (Wildman–Crippen LogP) is -3.20. The first-order valence-corrected chi connectivity index (χ1v) is 8.67. The lowest BCUT2D eigenvalue weighted by Gasteiger charge is -2.20. The summed E-state index contributed by atoms with van der Waals surface area (Å²) in [5.41, 5.74) is 5.19. The molecule has 2 atom stereocenters. The maximum Gasteiger partial charge on any atom is 0.322 e. The van der Waals surface area contributed by atoms with E-state index in [0.717, 1.165) is 13.0 Å². The molecule has 152 valence electrons. The van der Waals surface area contributed by atoms with Gasteiger partial charge >= 0.3 is 5.97 Å². The first-order valence-electron chi connectivity index (χ1n) is 8.67. The van der Waals surface area contributed by atoms with E-state index < -0.39 is 36.9 Å². The standard InChI is InChI=1S/C15H27N7O5/c16-15(17)19-6-2-4-10(22-14(27)9-3-1-5-18-9)13(26)21-7-11(23)20-8-12(24)25/h9-10,18H,1-8H2,(H,20,23)(H,21,26)(H,22,27)(H,24,25)(H4,16,17,19)/t9-,10-/m0/s1. The van der Waals surface area contributed by atoms with Crippen LogP contribution in [-0.4, -0.2) is 73.0 Å². The highest BCUT2D eigenvalue weighted by atomic mass is 16.4. The molecule has 27 heavy (non-hydrogen) atoms. The van der Waals surface area contributed by atoms with E-state index in [4.69, 9.17) is 16.2 Å². The Morgan fingerprint density at radius 3 is 2.52 bits per heavy atom. The predicted molar refractivity (Wildman–Crippen MR) is 95.8 cm³/mol. The minimum atomic E-state index is -1.19. The van der Waals surface area contributed by atoms with Crippen LogP contribution in [0, 0.1) is 5.41 Å². The van der Waals surface area contributed by atoms with Crippen molar-refractivity contribution in [1.29, 1.82) is 5.41 Å². The zero-order valence-corrected chi connectivity index (χ0v) is 15.0. The van der Waals surface area contributed by atoms with E-state index in [-0.39, 0.29) is 24.3 Å². The fraction of sp³-hybridized carbons (Fsp3) is 0.667. The maximum absolute atomic E-state index is 12.3. The van der Waals surface area contributed by atoms with Gasteiger partial charge < -0.3 is 37.4 Å². The van der Waals surface area contributed by atoms with Gasteiger partial charge in [-0.25, -0.2) is 0 Å². The quantitative estimate of drug-likeness (QED) is 0.103. The first kappa shape index (κ1) is 22.2. The third-order valence-electron chi connectivity index (χ3n) is 3.85. The molecule has 0 unspecified atom stereocenters. The molecule has 1 heterocycles. The molecule has 1 saturated heterocycles. The molecule has 9 N–H and O–H groups in total. The van der Waals surface area contributed by atoms with Crippen molar-refractivity contribution in [1.82, 2.24) is 26.6 Å². The van der Waals surface area contributed by atoms with Gasteiger partial charge in [0.2, 0.25) is 17.7 Å². The fourth-order valence-electron chi connectivity index (χ4n) is 2.51. The van der Waals surface area contributed by atoms with Crippen molar-refractivity contribution < 1.29 is 24.3 Å². The second-order valence-electron chi connectivity index (χ2n) is 6.08. The van der Waals surface area contributed by atoms with Crippen molar-refractivity contribution in [2.75, 3.05) is 26.2 Å². The van der Waals surface area contributed by atoms with Crippen LogP contribution in [0.2, 0.25) is 0 Å². The third kappa shape index (κ3) is 9.39. The number of amides is 3. The van der Waals surface area contributed by atoms with E-state index in [0.29, 0.717) is 19.4 Å². The lowest BCUT2D eigenvalue weighted by Crippen LogP contribution is -2.53. The van der Waals surface area contributed by atoms with Crippen LogP contribution in [0.3, 0.4) is 0 Å². The van der Waals surface area contributed by atoms with E-state index in [1.165, 1.54) is 0 Å². The van der Waals surface area contributed by atoms with Gasteiger partial charge in [-0.3, -0.25) is 24.6 Å². The fourth-order valence-corrected chi connectivity index (χ4v) is 2.51. The average Bonchev–Trinajstić information content (AvgIpc) is 3.14. The Bertz CT molecular complexity index is 563. The molecule has 0 saturated carbocycles. The molecular formula is C15H27N7O5. The number of hydrogen-bond acceptors (Lipinski definition) is 6. The van der Waals surface area contributed by atoms with Crippen molar-refractivity contribution in [2.24, 2.45) is 5.73 Å². The van der Waals surface area contributed by atoms with Gasteiger partial charge in [-0.2, -0.15) is 0 Å². The Balaban J connectivity index is 2.52. The smallest absolute Gasteiger partial charge is 0.322 e. The largest absolute Gasteiger partial charge is 0.480 e. The summed E-state index contributed by atoms with van der Waals surface area (Å²) >= 11 is 0. The van der Waals surface area contributed by atoms with Crippen LogP contribution in [0.5, 0.6) is 0 Å². The maximum atomic E-state index is 12.3. The van der Waals surface area contributed by atoms with Crippen LogP contribution in [0.4, 0.5) is 0 Å². The minimum absolute atomic E-state index is 0.190. The molecule has 1 rings (SSSR count). The van der Waals surface area contributed by atoms with Crippen molar-refractivity contribution in [2.45, 2.75) is 37.8 Å². The molecular weight excluding hydrogens is 358 g/mol. The summed E-state index contributed by atoms with van der Waals surface area (Å²) < 4.78 is 0. The SMILES string of the molecule is N=C(N)NCCC[C@H](NC(=O)[C@@H]1CCCN1)C(=O)NCC(=O)NCC(=O)O. The number of rotatable bonds is 11. The highest BCUT2D eigenvalue weighted by Gasteiger charge is 2.27. The van der Waals surface area contributed by atoms with Gasteiger partial charge in [-0.15, -0.1) is 0 Å². The Morgan fingerprint density at radius 1 is 1.19 bits per heavy atom. The zero-order valence-electron chi connectivity index (χ0n) is 15.0. The second-order valence-corrected chi connectivity index (χ2v) is 6.08. The van der Waals surface area contributed by atoms with Gasteiger partial charge in [0, 0.05) is 6.54 Å². The summed E-state index contributed by atoms with van der Waals surface area (Å²) in [7, 11) is 0. The highest BCUT2D eigenvalue weighted by Crippen LogP contribution is 2.06. The van der Waals surface area contributed by atoms with Crippen LogP contribution in [0.25, 0.3) is 0 Å². The molecule has 3 amide bonds. The number of carbonyl (C=O) groups is 4. The topological polar surface area (TPSA) is 199 Å². The van der Waals surface area contributed by atoms with E-state index in [1.54, 1.807) is 0 Å². The van der Waals surface area contributed by atoms with Gasteiger partial charge in [-0.1, -0.05) is 0 Å². The molecule has 0 spiro atoms. The Morgan fingerprint density at radius 2 is 1.93 bits per heavy atom. The van der Waals surface area contributed by atoms with Gasteiger partial charge in [0.1, 0.15) is 12.6 Å². The van der Waals surface area contributed by atoms with Crippen molar-refractivity contribution in [3.63, 3.8) is 0 Å². The summed E-state index contributed by atoms with van der Waals surface area (Å²) in [5, 5.41) is 28.4. The summed E-state index contributed by atoms with van der Waals surface area (Å²) in [6, 6.07) is -1.21. The van der Waals surface area contributed by atoms with Gasteiger partial charge in [0.05, 0.1) is 12.6 Å². The van der Waals surface area contributed by atoms with Crippen LogP contribution in [0.15, 0.2) is 0 Å². The van der Waals surface area contributed by atoms with Crippen molar-refractivity contribution in [3.8, 4) is 0 Å². The van der Waals surface area contributed by atoms with Crippen molar-refractivity contribution in [3.05, 3.63) is 0 Å². The van der Waals surface area contributed by atoms with Crippen molar-refractivity contribution >= 4 is 29.7 Å². The molecule has 1 fully saturated rings. The molecule has 1 aliphatic rings. The van der Waals surface area contributed by atoms with E-state index >= 15 is 0 Å². The Hall–Kier alpha value is -2.89. The summed E-state index contributed by atoms with van der Waals surface area (Å²) in [5.74, 6) is -2.86. The normalized spacial score (nSPS) is 16.8. The number of carboxylic acids is 1. The summed E-state index contributed by atoms with van der Waals surface area (Å²) in [6.07, 6.45) is 2.30. The molecule has 12 nitrogen and oxygen atoms in total. The lowest BCUT2D eigenvalue weighted by atomic mass is 10.1. The highest BCUT2D eigenvalue weighted by molar-refractivity contribution is 5.92. The van der Waals surface area contributed by atoms with E-state index in [1.807, 2.05) is 0 Å². The number of carboxylic acid groups (broad SMARTS) is 1. The van der Waals surface area contributed by atoms with Crippen LogP contribution in [-0.2, 0) is 19.2 Å². The zero-order chi connectivity index (χ0) is 20.2. The second kappa shape index (κ2) is 11.7. The molecule has 1 aliphatic heterocycles. The number of carbonyl (C=O) groups excluding carboxylic acids is 3. The Labute approximate surface area is 156 Å². The monoisotopic (exact) mass is 385 g/mol. The molecule has 0 aromatic heterocycles. The number of nitrogens with two attached hydrogens (primary N) is 1. The van der Waals surface area contributed by atoms with Crippen LogP contribution < -0.4 is 32.3 Å². The van der Waals surface area contributed by atoms with Gasteiger partial charge in [-0.05, 0) is 32.2 Å². The minimum Gasteiger partial charge on any atom is -0.480 e. The van der Waals surface area contributed by atoms with E-state index in [2.05, 4.69) is 26.6 Å². The van der Waals surface area contributed by atoms with Gasteiger partial charge in [0.25, 0.3) is 0 Å². The van der Waals surface area contributed by atoms with Gasteiger partial charge in [0.15, 0.2) is 5.96 Å². The number of guanidine groups is 1. The number of nitrogens with one attached hydrogen (secondary N) is 6. The molecule has 0 aliphatic carbocycles. The number of aliphatic carboxylic acids is 1. The molecule has 12 heteroatoms. The summed E-state index contributed by atoms with van der Waals surface area (Å²) in [6.45, 7) is 0.155. The molecule has 0 radical (unpaired) electrons. The van der Waals surface area contributed by atoms with E-state index in [9.17, 15) is 19.2 Å². The summed E-state index contributed by atoms with van der Waals surface area (Å²) in [4.78, 5) is 46.5. The first-order chi connectivity index (χ1) is 12.8. The van der Waals surface area contributed by atoms with Crippen LogP contribution >= 0.6 is 0 Å². The average molecular weight is 385 g/mol. The van der Waals surface area contributed by atoms with Crippen LogP contribution in [0.1, 0.15) is 25.7 Å². The number of hydrogen-bond donors (Lipinski definition) is 8. The lowest BCUT2D eigenvalue weighted by molar-refractivity contribution is -0.138. The third-order valence-corrected chi connectivity index (χ3v) is 3.85. The molecule has 0 aromatic rings. The Kier molecular flexibility index (Phi) is 9.58. The molecule has 0 aromatic carbocycles.